The first-order valence-corrected chi connectivity index (χ1v) is 12.2. The van der Waals surface area contributed by atoms with Gasteiger partial charge in [0, 0.05) is 33.2 Å². The van der Waals surface area contributed by atoms with Gasteiger partial charge >= 0.3 is 0 Å². The van der Waals surface area contributed by atoms with E-state index in [2.05, 4.69) is 27.6 Å². The molecule has 7 heteroatoms. The van der Waals surface area contributed by atoms with Crippen molar-refractivity contribution >= 4 is 44.9 Å². The van der Waals surface area contributed by atoms with Gasteiger partial charge in [0.25, 0.3) is 0 Å². The fourth-order valence-corrected chi connectivity index (χ4v) is 4.58. The van der Waals surface area contributed by atoms with E-state index >= 15 is 0 Å². The van der Waals surface area contributed by atoms with Crippen molar-refractivity contribution in [3.8, 4) is 22.5 Å². The first kappa shape index (κ1) is 23.2. The van der Waals surface area contributed by atoms with Gasteiger partial charge in [0.15, 0.2) is 17.4 Å². The molecule has 0 atom stereocenters. The Morgan fingerprint density at radius 3 is 2.16 bits per heavy atom. The van der Waals surface area contributed by atoms with Gasteiger partial charge in [-0.3, -0.25) is 14.7 Å². The van der Waals surface area contributed by atoms with E-state index in [1.54, 1.807) is 18.3 Å². The molecule has 0 aliphatic heterocycles. The monoisotopic (exact) mass is 497 g/mol. The van der Waals surface area contributed by atoms with E-state index in [9.17, 15) is 9.59 Å². The number of ketones is 2. The van der Waals surface area contributed by atoms with Gasteiger partial charge < -0.3 is 5.32 Å². The standard InChI is InChI=1S/C31H23N5O2/c1-18(37)25-15-27-29(16-26(25)19(2)38)34-30(22-10-8-21(9-11-22)20-6-4-3-5-7-20)35-31(27)33-24-12-13-28-23(14-24)17-32-36-28/h3-17H,1-2H3,(H,32,36)(H,33,34,35). The van der Waals surface area contributed by atoms with Gasteiger partial charge in [-0.15, -0.1) is 0 Å². The molecule has 6 rings (SSSR count). The molecule has 0 saturated heterocycles. The maximum Gasteiger partial charge on any atom is 0.162 e. The van der Waals surface area contributed by atoms with Crippen LogP contribution in [0.3, 0.4) is 0 Å². The molecule has 0 fully saturated rings. The Kier molecular flexibility index (Phi) is 5.73. The first-order valence-electron chi connectivity index (χ1n) is 12.2. The van der Waals surface area contributed by atoms with E-state index in [1.807, 2.05) is 60.7 Å². The van der Waals surface area contributed by atoms with Crippen LogP contribution >= 0.6 is 0 Å². The van der Waals surface area contributed by atoms with Crippen molar-refractivity contribution in [2.75, 3.05) is 5.32 Å². The minimum Gasteiger partial charge on any atom is -0.340 e. The fourth-order valence-electron chi connectivity index (χ4n) is 4.58. The molecule has 0 spiro atoms. The summed E-state index contributed by atoms with van der Waals surface area (Å²) in [5.41, 5.74) is 6.05. The second kappa shape index (κ2) is 9.37. The molecular weight excluding hydrogens is 474 g/mol. The molecule has 0 amide bonds. The van der Waals surface area contributed by atoms with Crippen LogP contribution in [0.1, 0.15) is 34.6 Å². The van der Waals surface area contributed by atoms with Gasteiger partial charge in [-0.05, 0) is 55.3 Å². The van der Waals surface area contributed by atoms with E-state index < -0.39 is 0 Å². The van der Waals surface area contributed by atoms with Crippen molar-refractivity contribution < 1.29 is 9.59 Å². The Hall–Kier alpha value is -5.17. The summed E-state index contributed by atoms with van der Waals surface area (Å²) < 4.78 is 0. The van der Waals surface area contributed by atoms with Crippen molar-refractivity contribution in [1.29, 1.82) is 0 Å². The maximum absolute atomic E-state index is 12.4. The second-order valence-corrected chi connectivity index (χ2v) is 9.16. The summed E-state index contributed by atoms with van der Waals surface area (Å²) in [5.74, 6) is 0.666. The lowest BCUT2D eigenvalue weighted by Crippen LogP contribution is -2.07. The van der Waals surface area contributed by atoms with Crippen molar-refractivity contribution in [1.82, 2.24) is 20.2 Å². The highest BCUT2D eigenvalue weighted by Gasteiger charge is 2.18. The molecule has 184 valence electrons. The minimum atomic E-state index is -0.191. The first-order chi connectivity index (χ1) is 18.5. The normalized spacial score (nSPS) is 11.1. The molecule has 0 unspecified atom stereocenters. The van der Waals surface area contributed by atoms with Gasteiger partial charge in [-0.1, -0.05) is 54.6 Å². The van der Waals surface area contributed by atoms with Crippen molar-refractivity contribution in [3.63, 3.8) is 0 Å². The zero-order chi connectivity index (χ0) is 26.2. The third-order valence-electron chi connectivity index (χ3n) is 6.55. The summed E-state index contributed by atoms with van der Waals surface area (Å²) in [4.78, 5) is 34.5. The second-order valence-electron chi connectivity index (χ2n) is 9.16. The van der Waals surface area contributed by atoms with E-state index in [0.29, 0.717) is 33.7 Å². The molecule has 0 radical (unpaired) electrons. The van der Waals surface area contributed by atoms with Crippen molar-refractivity contribution in [2.45, 2.75) is 13.8 Å². The number of aromatic amines is 1. The number of hydrogen-bond donors (Lipinski definition) is 2. The van der Waals surface area contributed by atoms with Crippen LogP contribution in [0.2, 0.25) is 0 Å². The molecule has 7 nitrogen and oxygen atoms in total. The number of benzene rings is 4. The van der Waals surface area contributed by atoms with Gasteiger partial charge in [0.05, 0.1) is 17.2 Å². The fraction of sp³-hybridized carbons (Fsp3) is 0.0645. The number of nitrogens with one attached hydrogen (secondary N) is 2. The highest BCUT2D eigenvalue weighted by molar-refractivity contribution is 6.11. The summed E-state index contributed by atoms with van der Waals surface area (Å²) in [6, 6.07) is 27.4. The molecule has 0 aliphatic rings. The number of rotatable bonds is 6. The number of H-pyrrole nitrogens is 1. The zero-order valence-corrected chi connectivity index (χ0v) is 20.8. The van der Waals surface area contributed by atoms with E-state index in [4.69, 9.17) is 9.97 Å². The molecule has 0 aliphatic carbocycles. The third kappa shape index (κ3) is 4.30. The van der Waals surface area contributed by atoms with E-state index in [1.165, 1.54) is 13.8 Å². The molecular formula is C31H23N5O2. The number of carbonyl (C=O) groups is 2. The van der Waals surface area contributed by atoms with E-state index in [0.717, 1.165) is 33.3 Å². The van der Waals surface area contributed by atoms with Gasteiger partial charge in [0.2, 0.25) is 0 Å². The Balaban J connectivity index is 1.51. The largest absolute Gasteiger partial charge is 0.340 e. The summed E-state index contributed by atoms with van der Waals surface area (Å²) in [6.45, 7) is 2.91. The third-order valence-corrected chi connectivity index (χ3v) is 6.55. The Morgan fingerprint density at radius 1 is 0.737 bits per heavy atom. The predicted octanol–water partition coefficient (Wildman–Crippen LogP) is 6.99. The van der Waals surface area contributed by atoms with Crippen LogP contribution in [0, 0.1) is 0 Å². The number of fused-ring (bicyclic) bond motifs is 2. The number of anilines is 2. The molecule has 2 aromatic heterocycles. The highest BCUT2D eigenvalue weighted by atomic mass is 16.1. The number of Topliss-reactive ketones (excluding diaryl/α,β-unsaturated/α-hetero) is 2. The Bertz CT molecular complexity index is 1840. The van der Waals surface area contributed by atoms with Crippen LogP contribution in [0.25, 0.3) is 44.3 Å². The number of aromatic nitrogens is 4. The predicted molar refractivity (Wildman–Crippen MR) is 150 cm³/mol. The van der Waals surface area contributed by atoms with Gasteiger partial charge in [-0.2, -0.15) is 5.10 Å². The van der Waals surface area contributed by atoms with Crippen LogP contribution in [-0.4, -0.2) is 31.7 Å². The van der Waals surface area contributed by atoms with Crippen LogP contribution in [-0.2, 0) is 0 Å². The quantitative estimate of drug-likeness (QED) is 0.241. The maximum atomic E-state index is 12.4. The Labute approximate surface area is 218 Å². The van der Waals surface area contributed by atoms with Gasteiger partial charge in [0.1, 0.15) is 5.82 Å². The average molecular weight is 498 g/mol. The molecule has 6 aromatic rings. The highest BCUT2D eigenvalue weighted by Crippen LogP contribution is 2.32. The SMILES string of the molecule is CC(=O)c1cc2nc(-c3ccc(-c4ccccc4)cc3)nc(Nc3ccc4[nH]ncc4c3)c2cc1C(C)=O. The van der Waals surface area contributed by atoms with Crippen LogP contribution in [0.5, 0.6) is 0 Å². The lowest BCUT2D eigenvalue weighted by atomic mass is 9.98. The van der Waals surface area contributed by atoms with Crippen LogP contribution in [0.15, 0.2) is 91.1 Å². The van der Waals surface area contributed by atoms with Crippen molar-refractivity contribution in [2.24, 2.45) is 0 Å². The Morgan fingerprint density at radius 2 is 1.42 bits per heavy atom. The number of nitrogens with zero attached hydrogens (tertiary/aromatic N) is 3. The molecule has 2 heterocycles. The smallest absolute Gasteiger partial charge is 0.162 e. The van der Waals surface area contributed by atoms with Crippen LogP contribution in [0.4, 0.5) is 11.5 Å². The lowest BCUT2D eigenvalue weighted by molar-refractivity contribution is 0.0981. The molecule has 2 N–H and O–H groups in total. The van der Waals surface area contributed by atoms with Crippen LogP contribution < -0.4 is 5.32 Å². The topological polar surface area (TPSA) is 101 Å². The lowest BCUT2D eigenvalue weighted by Gasteiger charge is -2.14. The summed E-state index contributed by atoms with van der Waals surface area (Å²) in [5, 5.41) is 12.0. The minimum absolute atomic E-state index is 0.190. The molecule has 0 saturated carbocycles. The average Bonchev–Trinajstić information content (AvgIpc) is 3.41. The number of carbonyl (C=O) groups excluding carboxylic acids is 2. The number of hydrogen-bond acceptors (Lipinski definition) is 6. The summed E-state index contributed by atoms with van der Waals surface area (Å²) in [7, 11) is 0. The molecule has 0 bridgehead atoms. The molecule has 38 heavy (non-hydrogen) atoms. The van der Waals surface area contributed by atoms with Crippen molar-refractivity contribution in [3.05, 3.63) is 102 Å². The van der Waals surface area contributed by atoms with E-state index in [-0.39, 0.29) is 11.6 Å². The molecule has 4 aromatic carbocycles. The summed E-state index contributed by atoms with van der Waals surface area (Å²) >= 11 is 0. The zero-order valence-electron chi connectivity index (χ0n) is 20.8. The van der Waals surface area contributed by atoms with Gasteiger partial charge in [-0.25, -0.2) is 9.97 Å². The summed E-state index contributed by atoms with van der Waals surface area (Å²) in [6.07, 6.45) is 1.76.